The number of nitrogens with zero attached hydrogens (tertiary/aromatic N) is 2. The molecule has 0 aliphatic heterocycles. The number of benzene rings is 1. The van der Waals surface area contributed by atoms with Gasteiger partial charge in [-0.1, -0.05) is 18.2 Å². The fourth-order valence-electron chi connectivity index (χ4n) is 1.75. The van der Waals surface area contributed by atoms with Gasteiger partial charge in [0, 0.05) is 12.3 Å². The van der Waals surface area contributed by atoms with Crippen LogP contribution in [0.2, 0.25) is 0 Å². The molecular weight excluding hydrogens is 242 g/mol. The van der Waals surface area contributed by atoms with Gasteiger partial charge in [0.05, 0.1) is 0 Å². The molecule has 0 aliphatic carbocycles. The first-order chi connectivity index (χ1) is 9.24. The molecule has 94 valence electrons. The lowest BCUT2D eigenvalue weighted by molar-refractivity contribution is 0.486. The van der Waals surface area contributed by atoms with E-state index < -0.39 is 0 Å². The molecule has 1 aromatic carbocycles. The van der Waals surface area contributed by atoms with Gasteiger partial charge in [0.2, 0.25) is 0 Å². The van der Waals surface area contributed by atoms with Crippen molar-refractivity contribution >= 4 is 11.2 Å². The Bertz CT molecular complexity index is 782. The van der Waals surface area contributed by atoms with E-state index in [1.54, 1.807) is 19.2 Å². The lowest BCUT2D eigenvalue weighted by Gasteiger charge is -2.07. The Morgan fingerprint density at radius 3 is 2.74 bits per heavy atom. The van der Waals surface area contributed by atoms with E-state index in [1.807, 2.05) is 30.3 Å². The lowest BCUT2D eigenvalue weighted by Crippen LogP contribution is -2.12. The molecule has 1 N–H and O–H groups in total. The second-order valence-electron chi connectivity index (χ2n) is 4.07. The van der Waals surface area contributed by atoms with E-state index in [4.69, 9.17) is 4.74 Å². The SMILES string of the molecule is Cc1nc2c(Oc3ccccc3)ccnc2[nH]c1=O. The van der Waals surface area contributed by atoms with E-state index >= 15 is 0 Å². The molecule has 0 radical (unpaired) electrons. The van der Waals surface area contributed by atoms with Crippen LogP contribution in [-0.2, 0) is 0 Å². The molecule has 2 aromatic heterocycles. The predicted molar refractivity (Wildman–Crippen MR) is 71.4 cm³/mol. The Labute approximate surface area is 108 Å². The number of fused-ring (bicyclic) bond motifs is 1. The van der Waals surface area contributed by atoms with Crippen molar-refractivity contribution in [2.24, 2.45) is 0 Å². The van der Waals surface area contributed by atoms with Gasteiger partial charge in [-0.3, -0.25) is 4.79 Å². The molecule has 0 saturated carbocycles. The van der Waals surface area contributed by atoms with E-state index in [0.717, 1.165) is 0 Å². The molecule has 0 bridgehead atoms. The Morgan fingerprint density at radius 1 is 1.16 bits per heavy atom. The molecule has 0 aliphatic rings. The zero-order valence-corrected chi connectivity index (χ0v) is 10.3. The Hall–Kier alpha value is -2.69. The molecule has 5 nitrogen and oxygen atoms in total. The van der Waals surface area contributed by atoms with Gasteiger partial charge in [0.15, 0.2) is 11.4 Å². The standard InChI is InChI=1S/C14H11N3O2/c1-9-14(18)17-13-12(16-9)11(7-8-15-13)19-10-5-3-2-4-6-10/h2-8H,1H3,(H,15,17,18). The van der Waals surface area contributed by atoms with Crippen LogP contribution < -0.4 is 10.3 Å². The Morgan fingerprint density at radius 2 is 1.95 bits per heavy atom. The minimum atomic E-state index is -0.239. The average Bonchev–Trinajstić information content (AvgIpc) is 2.42. The van der Waals surface area contributed by atoms with Crippen LogP contribution in [0.4, 0.5) is 0 Å². The first kappa shape index (κ1) is 11.4. The van der Waals surface area contributed by atoms with E-state index in [1.165, 1.54) is 0 Å². The van der Waals surface area contributed by atoms with E-state index in [-0.39, 0.29) is 5.56 Å². The summed E-state index contributed by atoms with van der Waals surface area (Å²) < 4.78 is 5.76. The topological polar surface area (TPSA) is 67.9 Å². The van der Waals surface area contributed by atoms with Crippen molar-refractivity contribution in [2.75, 3.05) is 0 Å². The van der Waals surface area contributed by atoms with Gasteiger partial charge in [-0.2, -0.15) is 0 Å². The summed E-state index contributed by atoms with van der Waals surface area (Å²) in [6, 6.07) is 11.1. The van der Waals surface area contributed by atoms with Gasteiger partial charge in [-0.25, -0.2) is 9.97 Å². The summed E-state index contributed by atoms with van der Waals surface area (Å²) in [6.45, 7) is 1.65. The molecule has 0 unspecified atom stereocenters. The summed E-state index contributed by atoms with van der Waals surface area (Å²) >= 11 is 0. The molecule has 0 saturated heterocycles. The largest absolute Gasteiger partial charge is 0.455 e. The van der Waals surface area contributed by atoms with Crippen LogP contribution in [0.5, 0.6) is 11.5 Å². The summed E-state index contributed by atoms with van der Waals surface area (Å²) in [4.78, 5) is 22.5. The van der Waals surface area contributed by atoms with E-state index in [2.05, 4.69) is 15.0 Å². The maximum atomic E-state index is 11.5. The molecule has 3 aromatic rings. The first-order valence-corrected chi connectivity index (χ1v) is 5.82. The highest BCUT2D eigenvalue weighted by atomic mass is 16.5. The van der Waals surface area contributed by atoms with Crippen molar-refractivity contribution in [1.82, 2.24) is 15.0 Å². The maximum Gasteiger partial charge on any atom is 0.270 e. The smallest absolute Gasteiger partial charge is 0.270 e. The van der Waals surface area contributed by atoms with Crippen molar-refractivity contribution in [3.8, 4) is 11.5 Å². The molecule has 0 atom stereocenters. The highest BCUT2D eigenvalue weighted by molar-refractivity contribution is 5.77. The third-order valence-corrected chi connectivity index (χ3v) is 2.70. The van der Waals surface area contributed by atoms with Crippen molar-refractivity contribution in [3.63, 3.8) is 0 Å². The van der Waals surface area contributed by atoms with Crippen molar-refractivity contribution < 1.29 is 4.74 Å². The normalized spacial score (nSPS) is 10.6. The highest BCUT2D eigenvalue weighted by Gasteiger charge is 2.08. The summed E-state index contributed by atoms with van der Waals surface area (Å²) in [7, 11) is 0. The van der Waals surface area contributed by atoms with Gasteiger partial charge in [0.1, 0.15) is 17.0 Å². The van der Waals surface area contributed by atoms with Crippen LogP contribution in [0.25, 0.3) is 11.2 Å². The lowest BCUT2D eigenvalue weighted by atomic mass is 10.3. The zero-order chi connectivity index (χ0) is 13.2. The number of hydrogen-bond donors (Lipinski definition) is 1. The van der Waals surface area contributed by atoms with Crippen LogP contribution in [0.3, 0.4) is 0 Å². The molecule has 3 rings (SSSR count). The average molecular weight is 253 g/mol. The van der Waals surface area contributed by atoms with E-state index in [0.29, 0.717) is 28.4 Å². The third-order valence-electron chi connectivity index (χ3n) is 2.70. The van der Waals surface area contributed by atoms with Gasteiger partial charge in [0.25, 0.3) is 5.56 Å². The number of aromatic amines is 1. The number of para-hydroxylation sites is 1. The number of aryl methyl sites for hydroxylation is 1. The summed E-state index contributed by atoms with van der Waals surface area (Å²) in [5.41, 5.74) is 1.11. The minimum Gasteiger partial charge on any atom is -0.455 e. The van der Waals surface area contributed by atoms with Gasteiger partial charge in [-0.05, 0) is 19.1 Å². The Kier molecular flexibility index (Phi) is 2.72. The molecule has 0 fully saturated rings. The number of H-pyrrole nitrogens is 1. The zero-order valence-electron chi connectivity index (χ0n) is 10.3. The summed E-state index contributed by atoms with van der Waals surface area (Å²) in [5.74, 6) is 1.27. The van der Waals surface area contributed by atoms with Crippen LogP contribution in [0.15, 0.2) is 47.4 Å². The molecule has 19 heavy (non-hydrogen) atoms. The molecule has 2 heterocycles. The van der Waals surface area contributed by atoms with Crippen LogP contribution in [0, 0.1) is 6.92 Å². The number of nitrogens with one attached hydrogen (secondary N) is 1. The number of aromatic nitrogens is 3. The number of pyridine rings is 1. The Balaban J connectivity index is 2.14. The molecule has 5 heteroatoms. The van der Waals surface area contributed by atoms with Crippen molar-refractivity contribution in [3.05, 3.63) is 58.6 Å². The second-order valence-corrected chi connectivity index (χ2v) is 4.07. The fraction of sp³-hybridized carbons (Fsp3) is 0.0714. The maximum absolute atomic E-state index is 11.5. The number of hydrogen-bond acceptors (Lipinski definition) is 4. The predicted octanol–water partition coefficient (Wildman–Crippen LogP) is 2.42. The number of rotatable bonds is 2. The minimum absolute atomic E-state index is 0.239. The first-order valence-electron chi connectivity index (χ1n) is 5.82. The van der Waals surface area contributed by atoms with Gasteiger partial charge < -0.3 is 9.72 Å². The molecule has 0 spiro atoms. The fourth-order valence-corrected chi connectivity index (χ4v) is 1.75. The van der Waals surface area contributed by atoms with E-state index in [9.17, 15) is 4.79 Å². The number of ether oxygens (including phenoxy) is 1. The quantitative estimate of drug-likeness (QED) is 0.761. The van der Waals surface area contributed by atoms with Crippen LogP contribution >= 0.6 is 0 Å². The van der Waals surface area contributed by atoms with Crippen molar-refractivity contribution in [2.45, 2.75) is 6.92 Å². The third kappa shape index (κ3) is 2.18. The van der Waals surface area contributed by atoms with Crippen molar-refractivity contribution in [1.29, 1.82) is 0 Å². The summed E-state index contributed by atoms with van der Waals surface area (Å²) in [6.07, 6.45) is 1.58. The molecular formula is C14H11N3O2. The van der Waals surface area contributed by atoms with Gasteiger partial charge >= 0.3 is 0 Å². The second kappa shape index (κ2) is 4.53. The highest BCUT2D eigenvalue weighted by Crippen LogP contribution is 2.25. The summed E-state index contributed by atoms with van der Waals surface area (Å²) in [5, 5.41) is 0. The molecule has 0 amide bonds. The van der Waals surface area contributed by atoms with Gasteiger partial charge in [-0.15, -0.1) is 0 Å². The monoisotopic (exact) mass is 253 g/mol. The van der Waals surface area contributed by atoms with Crippen LogP contribution in [0.1, 0.15) is 5.69 Å². The van der Waals surface area contributed by atoms with Crippen LogP contribution in [-0.4, -0.2) is 15.0 Å².